The zero-order valence-corrected chi connectivity index (χ0v) is 20.7. The number of nitrogens with zero attached hydrogens (tertiary/aromatic N) is 3. The molecule has 0 saturated heterocycles. The van der Waals surface area contributed by atoms with Gasteiger partial charge in [0.15, 0.2) is 0 Å². The van der Waals surface area contributed by atoms with E-state index >= 15 is 0 Å². The van der Waals surface area contributed by atoms with E-state index in [0.29, 0.717) is 22.4 Å². The first-order valence-electron chi connectivity index (χ1n) is 10.3. The molecule has 3 rings (SSSR count). The van der Waals surface area contributed by atoms with Gasteiger partial charge in [-0.3, -0.25) is 9.05 Å². The molecule has 0 radical (unpaired) electrons. The molecule has 0 spiro atoms. The largest absolute Gasteiger partial charge is 0.490 e. The predicted octanol–water partition coefficient (Wildman–Crippen LogP) is 4.22. The van der Waals surface area contributed by atoms with Crippen molar-refractivity contribution in [1.29, 1.82) is 5.26 Å². The summed E-state index contributed by atoms with van der Waals surface area (Å²) in [7, 11) is -3.18. The number of phosphoric ester groups is 1. The average Bonchev–Trinajstić information content (AvgIpc) is 3.32. The molecule has 2 N–H and O–H groups in total. The van der Waals surface area contributed by atoms with Gasteiger partial charge >= 0.3 is 7.82 Å². The summed E-state index contributed by atoms with van der Waals surface area (Å²) in [4.78, 5) is 13.6. The van der Waals surface area contributed by atoms with Crippen LogP contribution in [0.5, 0.6) is 11.5 Å². The van der Waals surface area contributed by atoms with Gasteiger partial charge in [-0.2, -0.15) is 10.2 Å². The van der Waals surface area contributed by atoms with Crippen molar-refractivity contribution in [2.45, 2.75) is 26.1 Å². The highest BCUT2D eigenvalue weighted by molar-refractivity contribution is 7.47. The fourth-order valence-electron chi connectivity index (χ4n) is 2.79. The Hall–Kier alpha value is -2.97. The maximum absolute atomic E-state index is 11.3. The normalized spacial score (nSPS) is 13.8. The third-order valence-corrected chi connectivity index (χ3v) is 5.65. The quantitative estimate of drug-likeness (QED) is 0.346. The molecule has 0 saturated carbocycles. The number of aliphatic hydroxyl groups excluding tert-OH is 1. The number of aromatic nitrogens is 2. The molecular weight excluding hydrogens is 501 g/mol. The Morgan fingerprint density at radius 3 is 2.54 bits per heavy atom. The summed E-state index contributed by atoms with van der Waals surface area (Å²) in [5.41, 5.74) is 1.44. The van der Waals surface area contributed by atoms with Crippen LogP contribution in [0.4, 0.5) is 0 Å². The molecule has 0 fully saturated rings. The summed E-state index contributed by atoms with van der Waals surface area (Å²) in [6, 6.07) is 11.9. The molecule has 0 bridgehead atoms. The lowest BCUT2D eigenvalue weighted by Gasteiger charge is -2.15. The molecule has 0 aliphatic carbocycles. The molecule has 0 aliphatic heterocycles. The van der Waals surface area contributed by atoms with E-state index in [9.17, 15) is 19.8 Å². The van der Waals surface area contributed by atoms with Crippen LogP contribution in [0.3, 0.4) is 0 Å². The first-order chi connectivity index (χ1) is 16.6. The lowest BCUT2D eigenvalue weighted by molar-refractivity contribution is 0.0466. The van der Waals surface area contributed by atoms with Crippen LogP contribution in [0.2, 0.25) is 5.02 Å². The van der Waals surface area contributed by atoms with Crippen molar-refractivity contribution in [2.24, 2.45) is 0 Å². The van der Waals surface area contributed by atoms with Crippen molar-refractivity contribution in [3.63, 3.8) is 0 Å². The number of halogens is 1. The Morgan fingerprint density at radius 2 is 1.89 bits per heavy atom. The molecule has 2 unspecified atom stereocenters. The minimum Gasteiger partial charge on any atom is -0.490 e. The van der Waals surface area contributed by atoms with Gasteiger partial charge in [0.1, 0.15) is 30.3 Å². The van der Waals surface area contributed by atoms with Crippen molar-refractivity contribution >= 4 is 19.4 Å². The van der Waals surface area contributed by atoms with Gasteiger partial charge < -0.3 is 24.0 Å². The Bertz CT molecular complexity index is 1260. The van der Waals surface area contributed by atoms with E-state index in [1.807, 2.05) is 13.8 Å². The molecule has 0 aliphatic rings. The molecule has 11 nitrogen and oxygen atoms in total. The zero-order valence-electron chi connectivity index (χ0n) is 19.0. The second-order valence-corrected chi connectivity index (χ2v) is 9.44. The van der Waals surface area contributed by atoms with E-state index in [1.54, 1.807) is 36.4 Å². The van der Waals surface area contributed by atoms with Crippen LogP contribution in [0.15, 0.2) is 40.9 Å². The first-order valence-corrected chi connectivity index (χ1v) is 12.2. The lowest BCUT2D eigenvalue weighted by atomic mass is 10.1. The van der Waals surface area contributed by atoms with Crippen molar-refractivity contribution in [1.82, 2.24) is 10.1 Å². The highest BCUT2D eigenvalue weighted by Gasteiger charge is 2.21. The number of benzene rings is 2. The fourth-order valence-corrected chi connectivity index (χ4v) is 3.49. The van der Waals surface area contributed by atoms with Crippen LogP contribution in [-0.4, -0.2) is 52.7 Å². The van der Waals surface area contributed by atoms with Crippen molar-refractivity contribution in [3.8, 4) is 40.4 Å². The molecule has 35 heavy (non-hydrogen) atoms. The maximum atomic E-state index is 11.3. The number of aliphatic hydroxyl groups is 1. The van der Waals surface area contributed by atoms with Gasteiger partial charge in [0.2, 0.25) is 5.82 Å². The van der Waals surface area contributed by atoms with E-state index in [2.05, 4.69) is 25.3 Å². The lowest BCUT2D eigenvalue weighted by Crippen LogP contribution is -2.23. The van der Waals surface area contributed by atoms with Crippen LogP contribution in [0, 0.1) is 11.3 Å². The molecule has 13 heteroatoms. The topological polar surface area (TPSA) is 157 Å². The number of hydrogen-bond donors (Lipinski definition) is 2. The Kier molecular flexibility index (Phi) is 8.86. The minimum absolute atomic E-state index is 0.0777. The third kappa shape index (κ3) is 7.26. The molecular formula is C22H23ClN3O8P. The van der Waals surface area contributed by atoms with E-state index in [4.69, 9.17) is 25.6 Å². The van der Waals surface area contributed by atoms with Crippen molar-refractivity contribution in [2.75, 3.05) is 20.3 Å². The Balaban J connectivity index is 1.68. The van der Waals surface area contributed by atoms with Crippen LogP contribution in [0.1, 0.15) is 19.4 Å². The summed E-state index contributed by atoms with van der Waals surface area (Å²) in [5, 5.41) is 23.5. The number of nitriles is 1. The molecule has 1 aromatic heterocycles. The summed E-state index contributed by atoms with van der Waals surface area (Å²) in [6.07, 6.45) is -1.28. The van der Waals surface area contributed by atoms with Gasteiger partial charge in [0.25, 0.3) is 5.89 Å². The standard InChI is InChI=1S/C22H23ClN3O8P/c1-13(2)33-19-6-5-15(8-16(19)10-24)22-25-21(26-34-22)14-4-7-20(18(23)9-14)31-11-17(27)12-32-35(28,29)30-3/h4-9,13,17,27H,11-12H2,1-3H3,(H,28,29). The minimum atomic E-state index is -4.19. The Morgan fingerprint density at radius 1 is 1.17 bits per heavy atom. The van der Waals surface area contributed by atoms with Gasteiger partial charge in [-0.1, -0.05) is 16.8 Å². The van der Waals surface area contributed by atoms with Crippen LogP contribution >= 0.6 is 19.4 Å². The SMILES string of the molecule is COP(=O)(O)OCC(O)COc1ccc(-c2noc(-c3ccc(OC(C)C)c(C#N)c3)n2)cc1Cl. The summed E-state index contributed by atoms with van der Waals surface area (Å²) < 4.78 is 36.5. The van der Waals surface area contributed by atoms with Crippen molar-refractivity contribution in [3.05, 3.63) is 47.0 Å². The van der Waals surface area contributed by atoms with Crippen molar-refractivity contribution < 1.29 is 37.6 Å². The van der Waals surface area contributed by atoms with Crippen LogP contribution in [0.25, 0.3) is 22.8 Å². The number of hydrogen-bond acceptors (Lipinski definition) is 10. The van der Waals surface area contributed by atoms with Gasteiger partial charge in [0, 0.05) is 18.2 Å². The van der Waals surface area contributed by atoms with Crippen LogP contribution < -0.4 is 9.47 Å². The monoisotopic (exact) mass is 523 g/mol. The number of ether oxygens (including phenoxy) is 2. The van der Waals surface area contributed by atoms with E-state index in [1.165, 1.54) is 0 Å². The van der Waals surface area contributed by atoms with E-state index < -0.39 is 20.5 Å². The maximum Gasteiger partial charge on any atom is 0.472 e. The average molecular weight is 524 g/mol. The van der Waals surface area contributed by atoms with Gasteiger partial charge in [-0.15, -0.1) is 0 Å². The van der Waals surface area contributed by atoms with Crippen LogP contribution in [-0.2, 0) is 13.6 Å². The second kappa shape index (κ2) is 11.6. The molecule has 1 heterocycles. The summed E-state index contributed by atoms with van der Waals surface area (Å²) in [5.74, 6) is 1.20. The first kappa shape index (κ1) is 26.6. The molecule has 2 aromatic carbocycles. The summed E-state index contributed by atoms with van der Waals surface area (Å²) >= 11 is 6.28. The van der Waals surface area contributed by atoms with Gasteiger partial charge in [-0.05, 0) is 50.2 Å². The smallest absolute Gasteiger partial charge is 0.472 e. The van der Waals surface area contributed by atoms with Gasteiger partial charge in [0.05, 0.1) is 23.3 Å². The molecule has 186 valence electrons. The fraction of sp³-hybridized carbons (Fsp3) is 0.318. The predicted molar refractivity (Wildman–Crippen MR) is 125 cm³/mol. The number of phosphoric acid groups is 1. The Labute approximate surface area is 206 Å². The molecule has 0 amide bonds. The van der Waals surface area contributed by atoms with E-state index in [-0.39, 0.29) is 35.2 Å². The highest BCUT2D eigenvalue weighted by atomic mass is 35.5. The zero-order chi connectivity index (χ0) is 25.6. The summed E-state index contributed by atoms with van der Waals surface area (Å²) in [6.45, 7) is 3.03. The molecule has 3 aromatic rings. The second-order valence-electron chi connectivity index (χ2n) is 7.47. The molecule has 2 atom stereocenters. The van der Waals surface area contributed by atoms with Gasteiger partial charge in [-0.25, -0.2) is 4.57 Å². The highest BCUT2D eigenvalue weighted by Crippen LogP contribution is 2.42. The van der Waals surface area contributed by atoms with E-state index in [0.717, 1.165) is 7.11 Å². The third-order valence-electron chi connectivity index (χ3n) is 4.42. The number of rotatable bonds is 11.